The molecule has 2 aromatic heterocycles. The fraction of sp³-hybridized carbons (Fsp3) is 0.400. The van der Waals surface area contributed by atoms with Crippen LogP contribution in [0.4, 0.5) is 0 Å². The summed E-state index contributed by atoms with van der Waals surface area (Å²) in [5.41, 5.74) is -0.220. The van der Waals surface area contributed by atoms with Crippen molar-refractivity contribution in [3.63, 3.8) is 0 Å². The Labute approximate surface area is 97.2 Å². The Morgan fingerprint density at radius 1 is 1.41 bits per heavy atom. The number of H-pyrrole nitrogens is 1. The van der Waals surface area contributed by atoms with Gasteiger partial charge in [0.25, 0.3) is 0 Å². The van der Waals surface area contributed by atoms with Crippen molar-refractivity contribution in [2.45, 2.75) is 26.4 Å². The highest BCUT2D eigenvalue weighted by Crippen LogP contribution is 2.20. The molecule has 90 valence electrons. The van der Waals surface area contributed by atoms with Gasteiger partial charge in [-0.1, -0.05) is 0 Å². The number of ether oxygens (including phenoxy) is 1. The van der Waals surface area contributed by atoms with Crippen LogP contribution in [0, 0.1) is 0 Å². The normalized spacial score (nSPS) is 11.5. The third kappa shape index (κ3) is 2.49. The van der Waals surface area contributed by atoms with Crippen molar-refractivity contribution >= 4 is 5.97 Å². The van der Waals surface area contributed by atoms with Gasteiger partial charge in [-0.2, -0.15) is 10.3 Å². The van der Waals surface area contributed by atoms with Crippen molar-refractivity contribution in [2.75, 3.05) is 0 Å². The molecule has 7 heteroatoms. The molecule has 0 aliphatic carbocycles. The molecule has 17 heavy (non-hydrogen) atoms. The predicted molar refractivity (Wildman–Crippen MR) is 57.0 cm³/mol. The zero-order chi connectivity index (χ0) is 12.5. The van der Waals surface area contributed by atoms with Crippen molar-refractivity contribution < 1.29 is 13.9 Å². The highest BCUT2D eigenvalue weighted by Gasteiger charge is 2.25. The van der Waals surface area contributed by atoms with Crippen molar-refractivity contribution in [2.24, 2.45) is 0 Å². The van der Waals surface area contributed by atoms with E-state index in [0.717, 1.165) is 0 Å². The van der Waals surface area contributed by atoms with E-state index < -0.39 is 11.6 Å². The van der Waals surface area contributed by atoms with Gasteiger partial charge in [0.2, 0.25) is 5.69 Å². The lowest BCUT2D eigenvalue weighted by Gasteiger charge is -2.18. The van der Waals surface area contributed by atoms with E-state index in [1.807, 2.05) is 0 Å². The lowest BCUT2D eigenvalue weighted by molar-refractivity contribution is 0.00635. The molecule has 1 N–H and O–H groups in total. The molecule has 0 atom stereocenters. The van der Waals surface area contributed by atoms with Gasteiger partial charge in [-0.15, -0.1) is 5.10 Å². The van der Waals surface area contributed by atoms with E-state index in [-0.39, 0.29) is 11.4 Å². The summed E-state index contributed by atoms with van der Waals surface area (Å²) in [4.78, 5) is 15.6. The summed E-state index contributed by atoms with van der Waals surface area (Å²) in [7, 11) is 0. The van der Waals surface area contributed by atoms with Crippen LogP contribution in [0.1, 0.15) is 31.3 Å². The SMILES string of the molecule is CC(C)(C)OC(=O)c1n[nH]nc1-c1cnco1. The first-order valence-electron chi connectivity index (χ1n) is 5.00. The minimum Gasteiger partial charge on any atom is -0.455 e. The Balaban J connectivity index is 2.29. The largest absolute Gasteiger partial charge is 0.455 e. The zero-order valence-corrected chi connectivity index (χ0v) is 9.72. The number of nitrogens with one attached hydrogen (secondary N) is 1. The molecule has 2 heterocycles. The second-order valence-electron chi connectivity index (χ2n) is 4.39. The molecule has 0 saturated heterocycles. The molecule has 2 aromatic rings. The third-order valence-electron chi connectivity index (χ3n) is 1.81. The number of rotatable bonds is 2. The second kappa shape index (κ2) is 4.00. The number of hydrogen-bond donors (Lipinski definition) is 1. The Morgan fingerprint density at radius 3 is 2.76 bits per heavy atom. The van der Waals surface area contributed by atoms with Gasteiger partial charge in [-0.3, -0.25) is 0 Å². The summed E-state index contributed by atoms with van der Waals surface area (Å²) >= 11 is 0. The molecule has 0 amide bonds. The first-order chi connectivity index (χ1) is 7.97. The van der Waals surface area contributed by atoms with Crippen LogP contribution in [0.5, 0.6) is 0 Å². The molecule has 0 aromatic carbocycles. The molecule has 0 radical (unpaired) electrons. The summed E-state index contributed by atoms with van der Waals surface area (Å²) < 4.78 is 10.3. The molecule has 0 bridgehead atoms. The number of esters is 1. The van der Waals surface area contributed by atoms with E-state index in [2.05, 4.69) is 20.4 Å². The molecule has 2 rings (SSSR count). The lowest BCUT2D eigenvalue weighted by Crippen LogP contribution is -2.24. The maximum absolute atomic E-state index is 11.8. The van der Waals surface area contributed by atoms with Gasteiger partial charge in [0.15, 0.2) is 17.8 Å². The van der Waals surface area contributed by atoms with E-state index in [4.69, 9.17) is 9.15 Å². The maximum atomic E-state index is 11.8. The maximum Gasteiger partial charge on any atom is 0.361 e. The number of carbonyl (C=O) groups excluding carboxylic acids is 1. The molecule has 0 aliphatic heterocycles. The molecule has 7 nitrogen and oxygen atoms in total. The second-order valence-corrected chi connectivity index (χ2v) is 4.39. The third-order valence-corrected chi connectivity index (χ3v) is 1.81. The first kappa shape index (κ1) is 11.3. The highest BCUT2D eigenvalue weighted by molar-refractivity contribution is 5.93. The zero-order valence-electron chi connectivity index (χ0n) is 9.72. The Hall–Kier alpha value is -2.18. The summed E-state index contributed by atoms with van der Waals surface area (Å²) in [5, 5.41) is 9.96. The van der Waals surface area contributed by atoms with E-state index in [9.17, 15) is 4.79 Å². The van der Waals surface area contributed by atoms with Crippen LogP contribution < -0.4 is 0 Å². The number of carbonyl (C=O) groups is 1. The number of hydrogen-bond acceptors (Lipinski definition) is 6. The predicted octanol–water partition coefficient (Wildman–Crippen LogP) is 1.41. The first-order valence-corrected chi connectivity index (χ1v) is 5.00. The van der Waals surface area contributed by atoms with Crippen molar-refractivity contribution in [1.29, 1.82) is 0 Å². The van der Waals surface area contributed by atoms with Gasteiger partial charge < -0.3 is 9.15 Å². The van der Waals surface area contributed by atoms with Gasteiger partial charge in [0.05, 0.1) is 6.20 Å². The fourth-order valence-electron chi connectivity index (χ4n) is 1.20. The van der Waals surface area contributed by atoms with Crippen molar-refractivity contribution in [3.8, 4) is 11.5 Å². The van der Waals surface area contributed by atoms with Crippen LogP contribution in [-0.4, -0.2) is 32.0 Å². The van der Waals surface area contributed by atoms with Crippen LogP contribution in [-0.2, 0) is 4.74 Å². The van der Waals surface area contributed by atoms with Crippen LogP contribution in [0.15, 0.2) is 17.0 Å². The summed E-state index contributed by atoms with van der Waals surface area (Å²) in [5.74, 6) is -0.197. The van der Waals surface area contributed by atoms with Crippen LogP contribution in [0.2, 0.25) is 0 Å². The Kier molecular flexibility index (Phi) is 2.66. The minimum absolute atomic E-state index is 0.0803. The van der Waals surface area contributed by atoms with Crippen LogP contribution in [0.25, 0.3) is 11.5 Å². The number of aromatic amines is 1. The molecular formula is C10H12N4O3. The van der Waals surface area contributed by atoms with Crippen LogP contribution in [0.3, 0.4) is 0 Å². The van der Waals surface area contributed by atoms with E-state index >= 15 is 0 Å². The molecule has 0 aliphatic rings. The summed E-state index contributed by atoms with van der Waals surface area (Å²) in [6.07, 6.45) is 2.70. The smallest absolute Gasteiger partial charge is 0.361 e. The minimum atomic E-state index is -0.589. The monoisotopic (exact) mass is 236 g/mol. The van der Waals surface area contributed by atoms with Crippen molar-refractivity contribution in [1.82, 2.24) is 20.4 Å². The lowest BCUT2D eigenvalue weighted by atomic mass is 10.2. The summed E-state index contributed by atoms with van der Waals surface area (Å²) in [6, 6.07) is 0. The fourth-order valence-corrected chi connectivity index (χ4v) is 1.20. The Morgan fingerprint density at radius 2 is 2.18 bits per heavy atom. The molecule has 0 spiro atoms. The number of aromatic nitrogens is 4. The molecular weight excluding hydrogens is 224 g/mol. The average molecular weight is 236 g/mol. The Bertz CT molecular complexity index is 510. The van der Waals surface area contributed by atoms with Crippen LogP contribution >= 0.6 is 0 Å². The standard InChI is InChI=1S/C10H12N4O3/c1-10(2,3)17-9(15)8-7(12-14-13-8)6-4-11-5-16-6/h4-5H,1-3H3,(H,12,13,14). The highest BCUT2D eigenvalue weighted by atomic mass is 16.6. The van der Waals surface area contributed by atoms with Gasteiger partial charge in [-0.05, 0) is 20.8 Å². The molecule has 0 fully saturated rings. The average Bonchev–Trinajstić information content (AvgIpc) is 2.85. The van der Waals surface area contributed by atoms with E-state index in [1.165, 1.54) is 12.6 Å². The molecule has 0 saturated carbocycles. The van der Waals surface area contributed by atoms with Crippen molar-refractivity contribution in [3.05, 3.63) is 18.3 Å². The quantitative estimate of drug-likeness (QED) is 0.792. The van der Waals surface area contributed by atoms with Gasteiger partial charge in [-0.25, -0.2) is 9.78 Å². The van der Waals surface area contributed by atoms with E-state index in [0.29, 0.717) is 5.76 Å². The van der Waals surface area contributed by atoms with Gasteiger partial charge in [0, 0.05) is 0 Å². The molecule has 0 unspecified atom stereocenters. The summed E-state index contributed by atoms with van der Waals surface area (Å²) in [6.45, 7) is 5.33. The number of nitrogens with zero attached hydrogens (tertiary/aromatic N) is 3. The van der Waals surface area contributed by atoms with Gasteiger partial charge in [0.1, 0.15) is 5.60 Å². The number of oxazole rings is 1. The topological polar surface area (TPSA) is 93.9 Å². The van der Waals surface area contributed by atoms with Gasteiger partial charge >= 0.3 is 5.97 Å². The van der Waals surface area contributed by atoms with E-state index in [1.54, 1.807) is 20.8 Å².